The van der Waals surface area contributed by atoms with Gasteiger partial charge in [0, 0.05) is 12.8 Å². The minimum atomic E-state index is -1.58. The van der Waals surface area contributed by atoms with Crippen LogP contribution in [0.1, 0.15) is 418 Å². The second-order valence-corrected chi connectivity index (χ2v) is 29.1. The third kappa shape index (κ3) is 61.5. The number of aliphatic hydroxyl groups is 5. The van der Waals surface area contributed by atoms with E-state index in [0.717, 1.165) is 64.2 Å². The largest absolute Gasteiger partial charge is 0.466 e. The molecule has 6 N–H and O–H groups in total. The van der Waals surface area contributed by atoms with Crippen molar-refractivity contribution in [1.29, 1.82) is 0 Å². The number of hydrogen-bond acceptors (Lipinski definition) is 10. The van der Waals surface area contributed by atoms with E-state index in [9.17, 15) is 35.1 Å². The predicted octanol–water partition coefficient (Wildman–Crippen LogP) is 23.0. The molecule has 96 heavy (non-hydrogen) atoms. The van der Waals surface area contributed by atoms with Gasteiger partial charge in [-0.2, -0.15) is 0 Å². The highest BCUT2D eigenvalue weighted by Gasteiger charge is 2.44. The minimum Gasteiger partial charge on any atom is -0.466 e. The molecule has 0 bridgehead atoms. The van der Waals surface area contributed by atoms with Gasteiger partial charge in [0.2, 0.25) is 5.91 Å². The van der Waals surface area contributed by atoms with E-state index in [0.29, 0.717) is 19.4 Å². The van der Waals surface area contributed by atoms with E-state index in [1.807, 2.05) is 6.08 Å². The summed E-state index contributed by atoms with van der Waals surface area (Å²) in [5, 5.41) is 54.4. The Morgan fingerprint density at radius 3 is 1.08 bits per heavy atom. The van der Waals surface area contributed by atoms with Crippen molar-refractivity contribution in [2.24, 2.45) is 0 Å². The van der Waals surface area contributed by atoms with Gasteiger partial charge in [-0.05, 0) is 77.0 Å². The number of aliphatic hydroxyl groups excluding tert-OH is 5. The lowest BCUT2D eigenvalue weighted by Crippen LogP contribution is -2.60. The van der Waals surface area contributed by atoms with Gasteiger partial charge >= 0.3 is 5.97 Å². The Morgan fingerprint density at radius 2 is 0.708 bits per heavy atom. The smallest absolute Gasteiger partial charge is 0.305 e. The van der Waals surface area contributed by atoms with Crippen LogP contribution in [0.4, 0.5) is 0 Å². The van der Waals surface area contributed by atoms with E-state index in [-0.39, 0.29) is 18.5 Å². The first-order valence-electron chi connectivity index (χ1n) is 41.9. The second kappa shape index (κ2) is 73.8. The molecular weight excluding hydrogens is 1190 g/mol. The monoisotopic (exact) mass is 1350 g/mol. The fraction of sp³-hybridized carbons (Fsp3) is 0.882. The Kier molecular flexibility index (Phi) is 70.5. The molecule has 1 aliphatic rings. The van der Waals surface area contributed by atoms with E-state index >= 15 is 0 Å². The van der Waals surface area contributed by atoms with Crippen molar-refractivity contribution in [3.05, 3.63) is 48.6 Å². The Hall–Kier alpha value is -2.38. The van der Waals surface area contributed by atoms with Crippen LogP contribution >= 0.6 is 0 Å². The van der Waals surface area contributed by atoms with Crippen molar-refractivity contribution in [3.63, 3.8) is 0 Å². The zero-order valence-corrected chi connectivity index (χ0v) is 63.1. The average molecular weight is 1360 g/mol. The Bertz CT molecular complexity index is 1740. The summed E-state index contributed by atoms with van der Waals surface area (Å²) in [5.74, 6) is -0.171. The summed E-state index contributed by atoms with van der Waals surface area (Å²) < 4.78 is 16.8. The van der Waals surface area contributed by atoms with Crippen LogP contribution in [0.5, 0.6) is 0 Å². The first-order valence-corrected chi connectivity index (χ1v) is 41.9. The van der Waals surface area contributed by atoms with Crippen LogP contribution < -0.4 is 5.32 Å². The SMILES string of the molecule is CC/C=C/CC/C=C/CC/C=C/C(O)C(COC1OC(CO)C(O)C(O)C1O)NC(=O)CCCCCCCCCCCCCCCCCCC/C=C\CCCCCCCCCCCCCCCCCCCCOC(=O)CCCCCCCCCCCCCCCCCCCCC. The van der Waals surface area contributed by atoms with E-state index in [1.54, 1.807) is 6.08 Å². The van der Waals surface area contributed by atoms with Crippen molar-refractivity contribution >= 4 is 11.9 Å². The van der Waals surface area contributed by atoms with Crippen LogP contribution in [-0.4, -0.2) is 100 Å². The average Bonchev–Trinajstić information content (AvgIpc) is 0.836. The van der Waals surface area contributed by atoms with E-state index in [2.05, 4.69) is 55.6 Å². The molecule has 1 fully saturated rings. The lowest BCUT2D eigenvalue weighted by Gasteiger charge is -2.40. The summed E-state index contributed by atoms with van der Waals surface area (Å²) in [6.45, 7) is 4.26. The number of hydrogen-bond donors (Lipinski definition) is 6. The summed E-state index contributed by atoms with van der Waals surface area (Å²) in [6, 6.07) is -0.831. The molecular formula is C85H159NO10. The number of carbonyl (C=O) groups is 2. The number of rotatable bonds is 75. The quantitative estimate of drug-likeness (QED) is 0.0195. The van der Waals surface area contributed by atoms with Gasteiger partial charge in [0.15, 0.2) is 6.29 Å². The summed E-state index contributed by atoms with van der Waals surface area (Å²) in [6.07, 6.45) is 89.1. The number of amides is 1. The first kappa shape index (κ1) is 91.6. The summed E-state index contributed by atoms with van der Waals surface area (Å²) >= 11 is 0. The molecule has 1 rings (SSSR count). The van der Waals surface area contributed by atoms with Crippen LogP contribution in [-0.2, 0) is 23.8 Å². The lowest BCUT2D eigenvalue weighted by atomic mass is 9.99. The lowest BCUT2D eigenvalue weighted by molar-refractivity contribution is -0.302. The van der Waals surface area contributed by atoms with E-state index in [1.165, 1.54) is 327 Å². The standard InChI is InChI=1S/C85H159NO10/c1-3-5-7-9-11-13-15-16-17-18-40-44-47-50-53-57-61-65-69-73-81(90)94-74-70-66-62-58-54-51-48-45-42-39-37-35-33-31-29-27-25-23-21-19-20-22-24-26-28-30-32-34-36-38-41-43-46-49-52-56-60-64-68-72-80(89)86-77(76-95-85-84(93)83(92)82(91)79(75-87)96-85)78(88)71-67-63-59-55-14-12-10-8-6-4-2/h6,8,14,19-20,55,67,71,77-79,82-85,87-88,91-93H,3-5,7,9-13,15-18,21-54,56-66,68-70,72-76H2,1-2H3,(H,86,89)/b8-6+,20-19-,55-14+,71-67+. The van der Waals surface area contributed by atoms with Crippen molar-refractivity contribution in [3.8, 4) is 0 Å². The van der Waals surface area contributed by atoms with Crippen molar-refractivity contribution in [1.82, 2.24) is 5.32 Å². The van der Waals surface area contributed by atoms with Crippen LogP contribution in [0.3, 0.4) is 0 Å². The number of ether oxygens (including phenoxy) is 3. The zero-order chi connectivity index (χ0) is 69.4. The van der Waals surface area contributed by atoms with Gasteiger partial charge in [-0.3, -0.25) is 9.59 Å². The highest BCUT2D eigenvalue weighted by molar-refractivity contribution is 5.76. The maximum absolute atomic E-state index is 13.0. The molecule has 11 heteroatoms. The number of unbranched alkanes of at least 4 members (excludes halogenated alkanes) is 55. The number of esters is 1. The molecule has 0 radical (unpaired) electrons. The Morgan fingerprint density at radius 1 is 0.385 bits per heavy atom. The fourth-order valence-electron chi connectivity index (χ4n) is 13.4. The molecule has 11 nitrogen and oxygen atoms in total. The molecule has 1 aliphatic heterocycles. The number of allylic oxidation sites excluding steroid dienone is 7. The highest BCUT2D eigenvalue weighted by atomic mass is 16.7. The third-order valence-electron chi connectivity index (χ3n) is 19.9. The summed E-state index contributed by atoms with van der Waals surface area (Å²) in [4.78, 5) is 25.2. The van der Waals surface area contributed by atoms with Crippen molar-refractivity contribution in [2.45, 2.75) is 461 Å². The van der Waals surface area contributed by atoms with Gasteiger partial charge in [0.25, 0.3) is 0 Å². The van der Waals surface area contributed by atoms with Crippen LogP contribution in [0.15, 0.2) is 48.6 Å². The molecule has 0 spiro atoms. The predicted molar refractivity (Wildman–Crippen MR) is 407 cm³/mol. The van der Waals surface area contributed by atoms with E-state index < -0.39 is 49.5 Å². The van der Waals surface area contributed by atoms with Gasteiger partial charge in [0.05, 0.1) is 32.0 Å². The second-order valence-electron chi connectivity index (χ2n) is 29.1. The minimum absolute atomic E-state index is 0.0220. The molecule has 0 aromatic heterocycles. The maximum Gasteiger partial charge on any atom is 0.305 e. The van der Waals surface area contributed by atoms with Crippen molar-refractivity contribution < 1.29 is 49.3 Å². The van der Waals surface area contributed by atoms with E-state index in [4.69, 9.17) is 14.2 Å². The maximum atomic E-state index is 13.0. The molecule has 564 valence electrons. The van der Waals surface area contributed by atoms with Crippen LogP contribution in [0.25, 0.3) is 0 Å². The first-order chi connectivity index (χ1) is 47.2. The highest BCUT2D eigenvalue weighted by Crippen LogP contribution is 2.24. The number of nitrogens with one attached hydrogen (secondary N) is 1. The van der Waals surface area contributed by atoms with Crippen LogP contribution in [0, 0.1) is 0 Å². The summed E-state index contributed by atoms with van der Waals surface area (Å²) in [7, 11) is 0. The Balaban J connectivity index is 1.84. The molecule has 7 unspecified atom stereocenters. The van der Waals surface area contributed by atoms with Gasteiger partial charge in [-0.25, -0.2) is 0 Å². The number of carbonyl (C=O) groups excluding carboxylic acids is 2. The fourth-order valence-corrected chi connectivity index (χ4v) is 13.4. The molecule has 0 aromatic carbocycles. The molecule has 0 saturated carbocycles. The van der Waals surface area contributed by atoms with Crippen LogP contribution in [0.2, 0.25) is 0 Å². The zero-order valence-electron chi connectivity index (χ0n) is 63.1. The molecule has 0 aromatic rings. The molecule has 1 amide bonds. The van der Waals surface area contributed by atoms with Gasteiger partial charge < -0.3 is 45.1 Å². The van der Waals surface area contributed by atoms with Crippen molar-refractivity contribution in [2.75, 3.05) is 19.8 Å². The van der Waals surface area contributed by atoms with Gasteiger partial charge in [0.1, 0.15) is 24.4 Å². The molecule has 0 aliphatic carbocycles. The molecule has 7 atom stereocenters. The Labute approximate surface area is 593 Å². The summed E-state index contributed by atoms with van der Waals surface area (Å²) in [5.41, 5.74) is 0. The van der Waals surface area contributed by atoms with Gasteiger partial charge in [-0.15, -0.1) is 0 Å². The molecule has 1 saturated heterocycles. The topological polar surface area (TPSA) is 175 Å². The van der Waals surface area contributed by atoms with Gasteiger partial charge in [-0.1, -0.05) is 377 Å². The molecule has 1 heterocycles. The third-order valence-corrected chi connectivity index (χ3v) is 19.9. The normalized spacial score (nSPS) is 17.5.